The maximum Gasteiger partial charge on any atom is 0.448 e. The van der Waals surface area contributed by atoms with E-state index in [-0.39, 0.29) is 23.5 Å². The lowest BCUT2D eigenvalue weighted by Gasteiger charge is -2.14. The molecule has 0 amide bonds. The summed E-state index contributed by atoms with van der Waals surface area (Å²) in [5.74, 6) is -1.15. The number of halogens is 7. The number of nitrogens with one attached hydrogen (secondary N) is 1. The number of hydrogen-bond acceptors (Lipinski definition) is 1. The molecule has 0 saturated carbocycles. The van der Waals surface area contributed by atoms with E-state index in [1.54, 1.807) is 6.92 Å². The van der Waals surface area contributed by atoms with E-state index in [9.17, 15) is 26.3 Å². The summed E-state index contributed by atoms with van der Waals surface area (Å²) in [4.78, 5) is 3.22. The van der Waals surface area contributed by atoms with E-state index in [1.165, 1.54) is 0 Å². The van der Waals surface area contributed by atoms with E-state index >= 15 is 0 Å². The van der Waals surface area contributed by atoms with Gasteiger partial charge in [0.2, 0.25) is 5.84 Å². The van der Waals surface area contributed by atoms with Crippen LogP contribution in [0.1, 0.15) is 31.9 Å². The van der Waals surface area contributed by atoms with Crippen LogP contribution in [0.25, 0.3) is 0 Å². The standard InChI is InChI=1S/C13H13BrF6N2.C2H6/c1-8(14)6-21-11(13(18,19)20)22-7-9-2-4-10(5-3-9)12(15,16)17;1-2/h2-5,8H,6-7H2,1H3,(H,21,22);1-2H3. The summed E-state index contributed by atoms with van der Waals surface area (Å²) in [6, 6.07) is 3.83. The van der Waals surface area contributed by atoms with Crippen LogP contribution in [0.4, 0.5) is 26.3 Å². The summed E-state index contributed by atoms with van der Waals surface area (Å²) in [6.45, 7) is 5.32. The van der Waals surface area contributed by atoms with Gasteiger partial charge in [-0.05, 0) is 17.7 Å². The topological polar surface area (TPSA) is 24.4 Å². The van der Waals surface area contributed by atoms with Gasteiger partial charge in [0.05, 0.1) is 12.1 Å². The molecule has 138 valence electrons. The van der Waals surface area contributed by atoms with Crippen molar-refractivity contribution >= 4 is 21.8 Å². The molecule has 0 fully saturated rings. The van der Waals surface area contributed by atoms with E-state index < -0.39 is 23.8 Å². The summed E-state index contributed by atoms with van der Waals surface area (Å²) in [6.07, 6.45) is -9.12. The molecule has 1 N–H and O–H groups in total. The quantitative estimate of drug-likeness (QED) is 0.293. The second-order valence-corrected chi connectivity index (χ2v) is 6.08. The van der Waals surface area contributed by atoms with Crippen molar-refractivity contribution in [2.45, 2.75) is 44.5 Å². The number of hydrogen-bond donors (Lipinski definition) is 1. The Balaban J connectivity index is 0.00000254. The third-order valence-electron chi connectivity index (χ3n) is 2.52. The van der Waals surface area contributed by atoms with Gasteiger partial charge in [0.25, 0.3) is 0 Å². The molecule has 1 atom stereocenters. The molecule has 9 heteroatoms. The fourth-order valence-corrected chi connectivity index (χ4v) is 1.61. The SMILES string of the molecule is CC.CC(Br)CNC(=NCc1ccc(C(F)(F)F)cc1)C(F)(F)F. The zero-order valence-corrected chi connectivity index (χ0v) is 15.0. The van der Waals surface area contributed by atoms with Crippen LogP contribution in [-0.2, 0) is 12.7 Å². The molecule has 1 rings (SSSR count). The first-order valence-electron chi connectivity index (χ1n) is 7.16. The average Bonchev–Trinajstić information content (AvgIpc) is 2.47. The summed E-state index contributed by atoms with van der Waals surface area (Å²) in [5, 5.41) is 2.16. The van der Waals surface area contributed by atoms with Crippen molar-refractivity contribution in [3.05, 3.63) is 35.4 Å². The minimum Gasteiger partial charge on any atom is -0.365 e. The van der Waals surface area contributed by atoms with Crippen molar-refractivity contribution < 1.29 is 26.3 Å². The molecule has 0 aliphatic carbocycles. The third kappa shape index (κ3) is 8.56. The largest absolute Gasteiger partial charge is 0.448 e. The molecule has 2 nitrogen and oxygen atoms in total. The third-order valence-corrected chi connectivity index (χ3v) is 2.84. The summed E-state index contributed by atoms with van der Waals surface area (Å²) >= 11 is 3.10. The molecule has 1 aromatic carbocycles. The van der Waals surface area contributed by atoms with E-state index in [0.29, 0.717) is 0 Å². The van der Waals surface area contributed by atoms with Gasteiger partial charge in [0.15, 0.2) is 0 Å². The highest BCUT2D eigenvalue weighted by molar-refractivity contribution is 9.09. The monoisotopic (exact) mass is 420 g/mol. The van der Waals surface area contributed by atoms with Crippen molar-refractivity contribution in [1.82, 2.24) is 5.32 Å². The Morgan fingerprint density at radius 3 is 1.96 bits per heavy atom. The molecule has 0 heterocycles. The predicted octanol–water partition coefficient (Wildman–Crippen LogP) is 5.57. The maximum atomic E-state index is 12.7. The lowest BCUT2D eigenvalue weighted by molar-refractivity contribution is -0.137. The van der Waals surface area contributed by atoms with Gasteiger partial charge < -0.3 is 5.32 Å². The van der Waals surface area contributed by atoms with Crippen molar-refractivity contribution in [2.75, 3.05) is 6.54 Å². The molecular formula is C15H19BrF6N2. The van der Waals surface area contributed by atoms with Crippen LogP contribution < -0.4 is 5.32 Å². The van der Waals surface area contributed by atoms with Crippen LogP contribution in [0.2, 0.25) is 0 Å². The van der Waals surface area contributed by atoms with Gasteiger partial charge in [-0.15, -0.1) is 0 Å². The van der Waals surface area contributed by atoms with Gasteiger partial charge in [-0.1, -0.05) is 48.8 Å². The summed E-state index contributed by atoms with van der Waals surface area (Å²) < 4.78 is 75.3. The molecule has 0 bridgehead atoms. The van der Waals surface area contributed by atoms with Crippen LogP contribution in [0.5, 0.6) is 0 Å². The van der Waals surface area contributed by atoms with Crippen molar-refractivity contribution in [2.24, 2.45) is 4.99 Å². The highest BCUT2D eigenvalue weighted by Gasteiger charge is 2.35. The average molecular weight is 421 g/mol. The zero-order chi connectivity index (χ0) is 19.0. The fraction of sp³-hybridized carbons (Fsp3) is 0.533. The van der Waals surface area contributed by atoms with E-state index in [1.807, 2.05) is 13.8 Å². The summed E-state index contributed by atoms with van der Waals surface area (Å²) in [7, 11) is 0. The molecule has 1 unspecified atom stereocenters. The molecule has 0 spiro atoms. The highest BCUT2D eigenvalue weighted by atomic mass is 79.9. The van der Waals surface area contributed by atoms with Gasteiger partial charge in [-0.3, -0.25) is 4.99 Å². The maximum absolute atomic E-state index is 12.7. The van der Waals surface area contributed by atoms with Gasteiger partial charge >= 0.3 is 12.4 Å². The second-order valence-electron chi connectivity index (χ2n) is 4.52. The normalized spacial score (nSPS) is 13.8. The van der Waals surface area contributed by atoms with Crippen LogP contribution in [-0.4, -0.2) is 23.4 Å². The van der Waals surface area contributed by atoms with Gasteiger partial charge in [-0.2, -0.15) is 26.3 Å². The van der Waals surface area contributed by atoms with Gasteiger partial charge in [0, 0.05) is 11.4 Å². The lowest BCUT2D eigenvalue weighted by Crippen LogP contribution is -2.39. The molecule has 0 aromatic heterocycles. The number of amidine groups is 1. The number of benzene rings is 1. The van der Waals surface area contributed by atoms with Crippen LogP contribution in [0.3, 0.4) is 0 Å². The number of alkyl halides is 7. The Bertz CT molecular complexity index is 506. The van der Waals surface area contributed by atoms with Gasteiger partial charge in [0.1, 0.15) is 0 Å². The van der Waals surface area contributed by atoms with E-state index in [0.717, 1.165) is 24.3 Å². The number of nitrogens with zero attached hydrogens (tertiary/aromatic N) is 1. The van der Waals surface area contributed by atoms with Crippen molar-refractivity contribution in [1.29, 1.82) is 0 Å². The minimum absolute atomic E-state index is 0.0192. The smallest absolute Gasteiger partial charge is 0.365 e. The molecule has 1 aromatic rings. The second kappa shape index (κ2) is 9.90. The Morgan fingerprint density at radius 1 is 1.08 bits per heavy atom. The van der Waals surface area contributed by atoms with Crippen LogP contribution in [0.15, 0.2) is 29.3 Å². The minimum atomic E-state index is -4.65. The number of rotatable bonds is 4. The Labute approximate surface area is 145 Å². The Kier molecular flexibility index (Phi) is 9.39. The van der Waals surface area contributed by atoms with Crippen molar-refractivity contribution in [3.8, 4) is 0 Å². The Morgan fingerprint density at radius 2 is 1.58 bits per heavy atom. The first-order chi connectivity index (χ1) is 11.0. The molecule has 0 radical (unpaired) electrons. The van der Waals surface area contributed by atoms with E-state index in [4.69, 9.17) is 0 Å². The zero-order valence-electron chi connectivity index (χ0n) is 13.4. The molecule has 24 heavy (non-hydrogen) atoms. The number of aliphatic imine (C=N–C) groups is 1. The molecular weight excluding hydrogens is 402 g/mol. The first kappa shape index (κ1) is 22.8. The predicted molar refractivity (Wildman–Crippen MR) is 86.4 cm³/mol. The van der Waals surface area contributed by atoms with Crippen molar-refractivity contribution in [3.63, 3.8) is 0 Å². The molecule has 0 aliphatic heterocycles. The molecule has 0 aliphatic rings. The molecule has 0 saturated heterocycles. The van der Waals surface area contributed by atoms with Gasteiger partial charge in [-0.25, -0.2) is 0 Å². The first-order valence-corrected chi connectivity index (χ1v) is 8.07. The highest BCUT2D eigenvalue weighted by Crippen LogP contribution is 2.29. The Hall–Kier alpha value is -1.25. The fourth-order valence-electron chi connectivity index (χ4n) is 1.45. The van der Waals surface area contributed by atoms with Crippen LogP contribution in [0, 0.1) is 0 Å². The summed E-state index contributed by atoms with van der Waals surface area (Å²) in [5.41, 5.74) is -0.606. The lowest BCUT2D eigenvalue weighted by atomic mass is 10.1. The van der Waals surface area contributed by atoms with E-state index in [2.05, 4.69) is 26.2 Å². The van der Waals surface area contributed by atoms with Crippen LogP contribution >= 0.6 is 15.9 Å².